The minimum atomic E-state index is 0.0693. The highest BCUT2D eigenvalue weighted by Crippen LogP contribution is 2.21. The molecule has 1 heterocycles. The van der Waals surface area contributed by atoms with Crippen molar-refractivity contribution < 1.29 is 4.79 Å². The van der Waals surface area contributed by atoms with Gasteiger partial charge in [-0.15, -0.1) is 0 Å². The average molecular weight is 301 g/mol. The second kappa shape index (κ2) is 7.13. The Bertz CT molecular complexity index is 584. The van der Waals surface area contributed by atoms with Gasteiger partial charge in [-0.05, 0) is 38.1 Å². The van der Waals surface area contributed by atoms with Gasteiger partial charge in [0.15, 0.2) is 0 Å². The third-order valence-corrected chi connectivity index (χ3v) is 3.85. The number of amides is 1. The van der Waals surface area contributed by atoms with Crippen LogP contribution in [0.5, 0.6) is 0 Å². The molecule has 0 saturated carbocycles. The predicted octanol–water partition coefficient (Wildman–Crippen LogP) is 3.20. The van der Waals surface area contributed by atoms with E-state index in [-0.39, 0.29) is 11.9 Å². The number of aromatic nitrogens is 1. The monoisotopic (exact) mass is 301 g/mol. The summed E-state index contributed by atoms with van der Waals surface area (Å²) in [6.07, 6.45) is 1.60. The number of hydrogen-bond acceptors (Lipinski definition) is 4. The number of carbonyl (C=O) groups is 1. The average Bonchev–Trinajstić information content (AvgIpc) is 2.47. The molecule has 2 aromatic rings. The Morgan fingerprint density at radius 2 is 1.95 bits per heavy atom. The zero-order chi connectivity index (χ0) is 15.2. The van der Waals surface area contributed by atoms with E-state index in [0.717, 1.165) is 10.7 Å². The van der Waals surface area contributed by atoms with Gasteiger partial charge < -0.3 is 10.6 Å². The summed E-state index contributed by atoms with van der Waals surface area (Å²) in [6, 6.07) is 13.4. The van der Waals surface area contributed by atoms with Crippen LogP contribution in [0.4, 0.5) is 11.4 Å². The molecule has 0 saturated heterocycles. The molecule has 0 radical (unpaired) electrons. The summed E-state index contributed by atoms with van der Waals surface area (Å²) in [5.41, 5.74) is 7.14. The maximum Gasteiger partial charge on any atom is 0.237 e. The fraction of sp³-hybridized carbons (Fsp3) is 0.250. The Labute approximate surface area is 129 Å². The van der Waals surface area contributed by atoms with E-state index < -0.39 is 0 Å². The molecule has 0 fully saturated rings. The van der Waals surface area contributed by atoms with Crippen LogP contribution in [0.1, 0.15) is 13.8 Å². The molecule has 0 aliphatic rings. The number of hydrogen-bond donors (Lipinski definition) is 1. The van der Waals surface area contributed by atoms with Crippen LogP contribution in [-0.4, -0.2) is 22.7 Å². The van der Waals surface area contributed by atoms with Crippen LogP contribution in [0.2, 0.25) is 0 Å². The first-order valence-electron chi connectivity index (χ1n) is 6.79. The van der Waals surface area contributed by atoms with Crippen LogP contribution in [0, 0.1) is 0 Å². The molecule has 0 spiro atoms. The third kappa shape index (κ3) is 4.23. The number of nitrogens with two attached hydrogens (primary N) is 1. The van der Waals surface area contributed by atoms with Crippen molar-refractivity contribution in [2.45, 2.75) is 24.9 Å². The van der Waals surface area contributed by atoms with E-state index in [9.17, 15) is 4.79 Å². The van der Waals surface area contributed by atoms with E-state index in [4.69, 9.17) is 5.73 Å². The van der Waals surface area contributed by atoms with E-state index in [2.05, 4.69) is 4.98 Å². The highest BCUT2D eigenvalue weighted by molar-refractivity contribution is 7.99. The van der Waals surface area contributed by atoms with Gasteiger partial charge in [-0.1, -0.05) is 30.0 Å². The Morgan fingerprint density at radius 3 is 2.52 bits per heavy atom. The Morgan fingerprint density at radius 1 is 1.24 bits per heavy atom. The number of nitrogens with zero attached hydrogens (tertiary/aromatic N) is 2. The molecule has 1 aromatic heterocycles. The van der Waals surface area contributed by atoms with Gasteiger partial charge in [-0.2, -0.15) is 0 Å². The SMILES string of the molecule is CC(C)N(C(=O)CSc1ccc(N)cn1)c1ccccc1. The number of pyridine rings is 1. The van der Waals surface area contributed by atoms with Crippen molar-refractivity contribution in [2.75, 3.05) is 16.4 Å². The fourth-order valence-corrected chi connectivity index (χ4v) is 2.70. The molecule has 2 rings (SSSR count). The summed E-state index contributed by atoms with van der Waals surface area (Å²) in [5, 5.41) is 0.800. The number of carbonyl (C=O) groups excluding carboxylic acids is 1. The van der Waals surface area contributed by atoms with Gasteiger partial charge in [0, 0.05) is 11.7 Å². The van der Waals surface area contributed by atoms with Crippen molar-refractivity contribution in [2.24, 2.45) is 0 Å². The molecule has 0 unspecified atom stereocenters. The van der Waals surface area contributed by atoms with E-state index in [1.165, 1.54) is 11.8 Å². The molecule has 0 aliphatic carbocycles. The third-order valence-electron chi connectivity index (χ3n) is 2.92. The van der Waals surface area contributed by atoms with Gasteiger partial charge in [0.2, 0.25) is 5.91 Å². The van der Waals surface area contributed by atoms with Gasteiger partial charge in [-0.3, -0.25) is 4.79 Å². The van der Waals surface area contributed by atoms with E-state index in [1.54, 1.807) is 12.3 Å². The van der Waals surface area contributed by atoms with Crippen molar-refractivity contribution in [1.29, 1.82) is 0 Å². The number of benzene rings is 1. The molecule has 1 aromatic carbocycles. The lowest BCUT2D eigenvalue weighted by atomic mass is 10.2. The number of para-hydroxylation sites is 1. The highest BCUT2D eigenvalue weighted by atomic mass is 32.2. The number of nitrogen functional groups attached to an aromatic ring is 1. The summed E-state index contributed by atoms with van der Waals surface area (Å²) >= 11 is 1.42. The summed E-state index contributed by atoms with van der Waals surface area (Å²) in [5.74, 6) is 0.420. The molecule has 4 nitrogen and oxygen atoms in total. The highest BCUT2D eigenvalue weighted by Gasteiger charge is 2.18. The summed E-state index contributed by atoms with van der Waals surface area (Å²) in [4.78, 5) is 18.5. The van der Waals surface area contributed by atoms with Crippen LogP contribution in [-0.2, 0) is 4.79 Å². The first kappa shape index (κ1) is 15.4. The van der Waals surface area contributed by atoms with Crippen molar-refractivity contribution in [3.8, 4) is 0 Å². The zero-order valence-electron chi connectivity index (χ0n) is 12.2. The Balaban J connectivity index is 2.04. The molecular formula is C16H19N3OS. The molecule has 21 heavy (non-hydrogen) atoms. The van der Waals surface area contributed by atoms with Gasteiger partial charge in [0.05, 0.1) is 22.7 Å². The van der Waals surface area contributed by atoms with Gasteiger partial charge in [0.1, 0.15) is 0 Å². The number of anilines is 2. The molecule has 2 N–H and O–H groups in total. The van der Waals surface area contributed by atoms with Gasteiger partial charge >= 0.3 is 0 Å². The minimum absolute atomic E-state index is 0.0693. The van der Waals surface area contributed by atoms with Crippen LogP contribution >= 0.6 is 11.8 Å². The second-order valence-corrected chi connectivity index (χ2v) is 5.91. The first-order chi connectivity index (χ1) is 10.1. The fourth-order valence-electron chi connectivity index (χ4n) is 2.00. The Kier molecular flexibility index (Phi) is 5.22. The van der Waals surface area contributed by atoms with Crippen molar-refractivity contribution in [1.82, 2.24) is 4.98 Å². The molecule has 1 amide bonds. The predicted molar refractivity (Wildman–Crippen MR) is 88.4 cm³/mol. The maximum atomic E-state index is 12.5. The largest absolute Gasteiger partial charge is 0.397 e. The lowest BCUT2D eigenvalue weighted by Gasteiger charge is -2.26. The molecule has 0 aliphatic heterocycles. The first-order valence-corrected chi connectivity index (χ1v) is 7.78. The topological polar surface area (TPSA) is 59.2 Å². The van der Waals surface area contributed by atoms with Crippen molar-refractivity contribution in [3.63, 3.8) is 0 Å². The van der Waals surface area contributed by atoms with E-state index >= 15 is 0 Å². The summed E-state index contributed by atoms with van der Waals surface area (Å²) in [6.45, 7) is 4.02. The number of rotatable bonds is 5. The van der Waals surface area contributed by atoms with Crippen molar-refractivity contribution >= 4 is 29.0 Å². The summed E-state index contributed by atoms with van der Waals surface area (Å²) in [7, 11) is 0. The quantitative estimate of drug-likeness (QED) is 0.862. The van der Waals surface area contributed by atoms with Crippen LogP contribution < -0.4 is 10.6 Å². The Hall–Kier alpha value is -2.01. The lowest BCUT2D eigenvalue weighted by molar-refractivity contribution is -0.116. The summed E-state index contributed by atoms with van der Waals surface area (Å²) < 4.78 is 0. The van der Waals surface area contributed by atoms with Crippen LogP contribution in [0.3, 0.4) is 0 Å². The van der Waals surface area contributed by atoms with E-state index in [0.29, 0.717) is 11.4 Å². The molecule has 110 valence electrons. The lowest BCUT2D eigenvalue weighted by Crippen LogP contribution is -2.38. The second-order valence-electron chi connectivity index (χ2n) is 4.91. The molecular weight excluding hydrogens is 282 g/mol. The van der Waals surface area contributed by atoms with E-state index in [1.807, 2.05) is 55.1 Å². The number of thioether (sulfide) groups is 1. The standard InChI is InChI=1S/C16H19N3OS/c1-12(2)19(14-6-4-3-5-7-14)16(20)11-21-15-9-8-13(17)10-18-15/h3-10,12H,11,17H2,1-2H3. The normalized spacial score (nSPS) is 10.6. The molecule has 0 atom stereocenters. The van der Waals surface area contributed by atoms with Crippen molar-refractivity contribution in [3.05, 3.63) is 48.7 Å². The molecule has 5 heteroatoms. The smallest absolute Gasteiger partial charge is 0.237 e. The van der Waals surface area contributed by atoms with Gasteiger partial charge in [-0.25, -0.2) is 4.98 Å². The minimum Gasteiger partial charge on any atom is -0.397 e. The van der Waals surface area contributed by atoms with Gasteiger partial charge in [0.25, 0.3) is 0 Å². The maximum absolute atomic E-state index is 12.5. The van der Waals surface area contributed by atoms with Crippen LogP contribution in [0.25, 0.3) is 0 Å². The zero-order valence-corrected chi connectivity index (χ0v) is 13.0. The molecule has 0 bridgehead atoms. The van der Waals surface area contributed by atoms with Crippen LogP contribution in [0.15, 0.2) is 53.7 Å².